The van der Waals surface area contributed by atoms with Crippen LogP contribution in [0.1, 0.15) is 34.6 Å². The summed E-state index contributed by atoms with van der Waals surface area (Å²) in [5.74, 6) is 0.386. The number of likely N-dealkylation sites (tertiary alicyclic amines) is 1. The Balaban J connectivity index is 1.50. The molecule has 2 aromatic heterocycles. The van der Waals surface area contributed by atoms with Crippen LogP contribution in [0.5, 0.6) is 0 Å². The van der Waals surface area contributed by atoms with Crippen LogP contribution in [-0.2, 0) is 9.47 Å². The Hall–Kier alpha value is -1.99. The Bertz CT molecular complexity index is 759. The molecule has 2 fully saturated rings. The van der Waals surface area contributed by atoms with Crippen LogP contribution in [0.15, 0.2) is 12.3 Å². The van der Waals surface area contributed by atoms with E-state index in [9.17, 15) is 4.79 Å². The standard InChI is InChI=1S/C17H22N4O3/c1-11-9-12(2)21-15(19-11)14(10-18-21)16(22)20-5-3-13(4-6-20)17-23-7-8-24-17/h9-10,13,17H,3-8H2,1-2H3. The zero-order valence-electron chi connectivity index (χ0n) is 14.1. The van der Waals surface area contributed by atoms with E-state index in [1.165, 1.54) is 0 Å². The number of piperidine rings is 1. The van der Waals surface area contributed by atoms with Crippen molar-refractivity contribution in [3.8, 4) is 0 Å². The Kier molecular flexibility index (Phi) is 3.97. The van der Waals surface area contributed by atoms with Gasteiger partial charge in [-0.1, -0.05) is 0 Å². The van der Waals surface area contributed by atoms with Crippen LogP contribution in [-0.4, -0.2) is 58.0 Å². The zero-order valence-corrected chi connectivity index (χ0v) is 14.1. The summed E-state index contributed by atoms with van der Waals surface area (Å²) in [6.45, 7) is 6.69. The van der Waals surface area contributed by atoms with Crippen LogP contribution in [0.3, 0.4) is 0 Å². The molecular formula is C17H22N4O3. The van der Waals surface area contributed by atoms with Gasteiger partial charge in [-0.05, 0) is 32.8 Å². The molecule has 2 aromatic rings. The van der Waals surface area contributed by atoms with Crippen molar-refractivity contribution in [2.45, 2.75) is 33.0 Å². The highest BCUT2D eigenvalue weighted by Crippen LogP contribution is 2.27. The largest absolute Gasteiger partial charge is 0.350 e. The van der Waals surface area contributed by atoms with Crippen LogP contribution in [0.4, 0.5) is 0 Å². The van der Waals surface area contributed by atoms with E-state index in [4.69, 9.17) is 9.47 Å². The van der Waals surface area contributed by atoms with Crippen LogP contribution in [0.2, 0.25) is 0 Å². The number of nitrogens with zero attached hydrogens (tertiary/aromatic N) is 4. The molecule has 0 aromatic carbocycles. The maximum Gasteiger partial charge on any atom is 0.259 e. The summed E-state index contributed by atoms with van der Waals surface area (Å²) in [6.07, 6.45) is 3.35. The molecule has 128 valence electrons. The predicted molar refractivity (Wildman–Crippen MR) is 86.8 cm³/mol. The molecule has 0 spiro atoms. The minimum absolute atomic E-state index is 0.00853. The highest BCUT2D eigenvalue weighted by Gasteiger charge is 2.32. The predicted octanol–water partition coefficient (Wildman–Crippen LogP) is 1.57. The minimum atomic E-state index is -0.0915. The fourth-order valence-corrected chi connectivity index (χ4v) is 3.62. The van der Waals surface area contributed by atoms with Gasteiger partial charge in [0.2, 0.25) is 0 Å². The first-order valence-corrected chi connectivity index (χ1v) is 8.48. The number of aromatic nitrogens is 3. The molecule has 0 unspecified atom stereocenters. The quantitative estimate of drug-likeness (QED) is 0.836. The molecule has 2 aliphatic heterocycles. The second kappa shape index (κ2) is 6.14. The Morgan fingerprint density at radius 2 is 1.92 bits per heavy atom. The average Bonchev–Trinajstić information content (AvgIpc) is 3.24. The SMILES string of the molecule is Cc1cc(C)n2ncc(C(=O)N3CCC(C4OCCO4)CC3)c2n1. The number of fused-ring (bicyclic) bond motifs is 1. The smallest absolute Gasteiger partial charge is 0.259 e. The first-order valence-electron chi connectivity index (χ1n) is 8.48. The van der Waals surface area contributed by atoms with Gasteiger partial charge in [0, 0.05) is 30.4 Å². The van der Waals surface area contributed by atoms with Gasteiger partial charge >= 0.3 is 0 Å². The van der Waals surface area contributed by atoms with Gasteiger partial charge < -0.3 is 14.4 Å². The van der Waals surface area contributed by atoms with Crippen molar-refractivity contribution in [2.24, 2.45) is 5.92 Å². The highest BCUT2D eigenvalue weighted by atomic mass is 16.7. The van der Waals surface area contributed by atoms with E-state index in [0.717, 1.165) is 37.3 Å². The number of carbonyl (C=O) groups is 1. The van der Waals surface area contributed by atoms with Crippen molar-refractivity contribution in [3.05, 3.63) is 29.2 Å². The van der Waals surface area contributed by atoms with Gasteiger partial charge in [0.1, 0.15) is 5.56 Å². The molecule has 0 radical (unpaired) electrons. The Labute approximate surface area is 140 Å². The van der Waals surface area contributed by atoms with E-state index >= 15 is 0 Å². The van der Waals surface area contributed by atoms with Gasteiger partial charge in [-0.2, -0.15) is 5.10 Å². The summed E-state index contributed by atoms with van der Waals surface area (Å²) in [7, 11) is 0. The van der Waals surface area contributed by atoms with Crippen molar-refractivity contribution in [2.75, 3.05) is 26.3 Å². The van der Waals surface area contributed by atoms with Gasteiger partial charge in [-0.25, -0.2) is 9.50 Å². The van der Waals surface area contributed by atoms with Gasteiger partial charge in [-0.3, -0.25) is 4.79 Å². The lowest BCUT2D eigenvalue weighted by atomic mass is 9.96. The third-order valence-electron chi connectivity index (χ3n) is 4.87. The molecule has 4 heterocycles. The van der Waals surface area contributed by atoms with E-state index < -0.39 is 0 Å². The Morgan fingerprint density at radius 3 is 2.62 bits per heavy atom. The fraction of sp³-hybridized carbons (Fsp3) is 0.588. The molecule has 0 atom stereocenters. The molecule has 4 rings (SSSR count). The van der Waals surface area contributed by atoms with Crippen molar-refractivity contribution < 1.29 is 14.3 Å². The number of hydrogen-bond acceptors (Lipinski definition) is 5. The molecule has 2 aliphatic rings. The first kappa shape index (κ1) is 15.5. The summed E-state index contributed by atoms with van der Waals surface area (Å²) in [5.41, 5.74) is 3.09. The van der Waals surface area contributed by atoms with Gasteiger partial charge in [0.15, 0.2) is 11.9 Å². The molecule has 1 amide bonds. The number of carbonyl (C=O) groups excluding carboxylic acids is 1. The maximum atomic E-state index is 12.9. The van der Waals surface area contributed by atoms with E-state index in [1.54, 1.807) is 10.7 Å². The van der Waals surface area contributed by atoms with E-state index in [0.29, 0.717) is 30.3 Å². The van der Waals surface area contributed by atoms with E-state index in [1.807, 2.05) is 24.8 Å². The lowest BCUT2D eigenvalue weighted by molar-refractivity contribution is -0.0956. The second-order valence-electron chi connectivity index (χ2n) is 6.57. The van der Waals surface area contributed by atoms with Crippen LogP contribution in [0, 0.1) is 19.8 Å². The monoisotopic (exact) mass is 330 g/mol. The van der Waals surface area contributed by atoms with E-state index in [-0.39, 0.29) is 12.2 Å². The summed E-state index contributed by atoms with van der Waals surface area (Å²) in [5, 5.41) is 4.32. The number of aryl methyl sites for hydroxylation is 2. The normalized spacial score (nSPS) is 20.2. The number of amides is 1. The van der Waals surface area contributed by atoms with Crippen molar-refractivity contribution in [3.63, 3.8) is 0 Å². The van der Waals surface area contributed by atoms with Gasteiger partial charge in [0.05, 0.1) is 19.4 Å². The zero-order chi connectivity index (χ0) is 16.7. The molecule has 2 saturated heterocycles. The molecular weight excluding hydrogens is 308 g/mol. The summed E-state index contributed by atoms with van der Waals surface area (Å²) in [6, 6.07) is 1.96. The minimum Gasteiger partial charge on any atom is -0.350 e. The van der Waals surface area contributed by atoms with Crippen molar-refractivity contribution in [1.29, 1.82) is 0 Å². The van der Waals surface area contributed by atoms with Crippen molar-refractivity contribution in [1.82, 2.24) is 19.5 Å². The second-order valence-corrected chi connectivity index (χ2v) is 6.57. The topological polar surface area (TPSA) is 69.0 Å². The average molecular weight is 330 g/mol. The van der Waals surface area contributed by atoms with Crippen molar-refractivity contribution >= 4 is 11.6 Å². The molecule has 24 heavy (non-hydrogen) atoms. The fourth-order valence-electron chi connectivity index (χ4n) is 3.62. The first-order chi connectivity index (χ1) is 11.6. The molecule has 7 nitrogen and oxygen atoms in total. The molecule has 0 aliphatic carbocycles. The summed E-state index contributed by atoms with van der Waals surface area (Å²) in [4.78, 5) is 19.3. The maximum absolute atomic E-state index is 12.9. The van der Waals surface area contributed by atoms with Crippen LogP contribution in [0.25, 0.3) is 5.65 Å². The number of rotatable bonds is 2. The Morgan fingerprint density at radius 1 is 1.21 bits per heavy atom. The molecule has 0 N–H and O–H groups in total. The third kappa shape index (κ3) is 2.67. The lowest BCUT2D eigenvalue weighted by Gasteiger charge is -2.33. The number of hydrogen-bond donors (Lipinski definition) is 0. The molecule has 7 heteroatoms. The summed E-state index contributed by atoms with van der Waals surface area (Å²) < 4.78 is 12.9. The van der Waals surface area contributed by atoms with Crippen LogP contribution >= 0.6 is 0 Å². The number of ether oxygens (including phenoxy) is 2. The van der Waals surface area contributed by atoms with Crippen LogP contribution < -0.4 is 0 Å². The van der Waals surface area contributed by atoms with E-state index in [2.05, 4.69) is 10.1 Å². The highest BCUT2D eigenvalue weighted by molar-refractivity contribution is 5.99. The van der Waals surface area contributed by atoms with Gasteiger partial charge in [0.25, 0.3) is 5.91 Å². The summed E-state index contributed by atoms with van der Waals surface area (Å²) >= 11 is 0. The van der Waals surface area contributed by atoms with Gasteiger partial charge in [-0.15, -0.1) is 0 Å². The molecule has 0 saturated carbocycles. The lowest BCUT2D eigenvalue weighted by Crippen LogP contribution is -2.41. The molecule has 0 bridgehead atoms. The third-order valence-corrected chi connectivity index (χ3v) is 4.87.